The Kier molecular flexibility index (Phi) is 9.01. The molecule has 2 heterocycles. The Morgan fingerprint density at radius 3 is 1.98 bits per heavy atom. The number of carbonyl (C=O) groups excluding carboxylic acids is 1. The molecule has 46 heavy (non-hydrogen) atoms. The van der Waals surface area contributed by atoms with Crippen molar-refractivity contribution in [3.8, 4) is 0 Å². The van der Waals surface area contributed by atoms with E-state index in [2.05, 4.69) is 20.4 Å². The number of rotatable bonds is 6. The third kappa shape index (κ3) is 4.79. The molecule has 262 valence electrons. The maximum Gasteiger partial charge on any atom is 0.314 e. The summed E-state index contributed by atoms with van der Waals surface area (Å²) in [5.41, 5.74) is -1.31. The molecule has 0 aromatic rings. The fourth-order valence-corrected chi connectivity index (χ4v) is 11.1. The van der Waals surface area contributed by atoms with E-state index in [1.54, 1.807) is 0 Å². The molecular formula is C33H52O13. The van der Waals surface area contributed by atoms with Crippen molar-refractivity contribution in [3.63, 3.8) is 0 Å². The molecule has 0 radical (unpaired) electrons. The fourth-order valence-electron chi connectivity index (χ4n) is 11.1. The van der Waals surface area contributed by atoms with Crippen LogP contribution in [0.3, 0.4) is 0 Å². The summed E-state index contributed by atoms with van der Waals surface area (Å²) in [5, 5.41) is 81.8. The Hall–Kier alpha value is -1.23. The SMILES string of the molecule is C=C1C[C@@]23CCC4[C@](C)(C(=O)OC5OC(CO)C(O)C(O)C5O)CCC[C@@]4(C)[C@@H]2CC[C@]1(OC1OC(CO)C(O)C(O)C1O)[C@@H]3C. The second kappa shape index (κ2) is 12.0. The molecule has 17 atom stereocenters. The van der Waals surface area contributed by atoms with Gasteiger partial charge in [0.25, 0.3) is 0 Å². The summed E-state index contributed by atoms with van der Waals surface area (Å²) in [5.74, 6) is -0.421. The van der Waals surface area contributed by atoms with E-state index in [4.69, 9.17) is 18.9 Å². The van der Waals surface area contributed by atoms with E-state index in [-0.39, 0.29) is 28.6 Å². The summed E-state index contributed by atoms with van der Waals surface area (Å²) in [6, 6.07) is 0. The van der Waals surface area contributed by atoms with Crippen LogP contribution in [0.4, 0.5) is 0 Å². The predicted molar refractivity (Wildman–Crippen MR) is 158 cm³/mol. The summed E-state index contributed by atoms with van der Waals surface area (Å²) in [6.45, 7) is 9.61. The number of hydrogen-bond acceptors (Lipinski definition) is 13. The first-order valence-electron chi connectivity index (χ1n) is 16.8. The van der Waals surface area contributed by atoms with Gasteiger partial charge in [-0.3, -0.25) is 4.79 Å². The Balaban J connectivity index is 1.23. The van der Waals surface area contributed by atoms with Crippen molar-refractivity contribution in [2.45, 2.75) is 139 Å². The number of aliphatic hydroxyl groups is 8. The van der Waals surface area contributed by atoms with Crippen LogP contribution in [0.1, 0.15) is 72.1 Å². The summed E-state index contributed by atoms with van der Waals surface area (Å²) in [7, 11) is 0. The van der Waals surface area contributed by atoms with Gasteiger partial charge in [-0.15, -0.1) is 0 Å². The molecular weight excluding hydrogens is 604 g/mol. The lowest BCUT2D eigenvalue weighted by Crippen LogP contribution is -2.64. The van der Waals surface area contributed by atoms with Gasteiger partial charge in [-0.25, -0.2) is 0 Å². The van der Waals surface area contributed by atoms with Crippen LogP contribution in [0.5, 0.6) is 0 Å². The highest BCUT2D eigenvalue weighted by molar-refractivity contribution is 5.77. The van der Waals surface area contributed by atoms with Crippen molar-refractivity contribution in [2.75, 3.05) is 13.2 Å². The summed E-state index contributed by atoms with van der Waals surface area (Å²) < 4.78 is 23.6. The molecule has 1 spiro atoms. The Labute approximate surface area is 269 Å². The molecule has 2 saturated heterocycles. The first kappa shape index (κ1) is 34.6. The van der Waals surface area contributed by atoms with E-state index in [1.807, 2.05) is 6.92 Å². The highest BCUT2D eigenvalue weighted by Gasteiger charge is 2.72. The molecule has 6 fully saturated rings. The molecule has 11 unspecified atom stereocenters. The first-order chi connectivity index (χ1) is 21.6. The quantitative estimate of drug-likeness (QED) is 0.103. The van der Waals surface area contributed by atoms with Crippen LogP contribution in [-0.2, 0) is 23.7 Å². The van der Waals surface area contributed by atoms with E-state index in [0.29, 0.717) is 19.3 Å². The first-order valence-corrected chi connectivity index (χ1v) is 16.8. The zero-order valence-electron chi connectivity index (χ0n) is 26.9. The van der Waals surface area contributed by atoms with Crippen LogP contribution < -0.4 is 0 Å². The number of ether oxygens (including phenoxy) is 4. The Morgan fingerprint density at radius 2 is 1.37 bits per heavy atom. The van der Waals surface area contributed by atoms with Gasteiger partial charge in [0.1, 0.15) is 48.8 Å². The van der Waals surface area contributed by atoms with E-state index >= 15 is 0 Å². The molecule has 0 aromatic heterocycles. The van der Waals surface area contributed by atoms with Crippen LogP contribution in [0, 0.1) is 34.0 Å². The van der Waals surface area contributed by atoms with Gasteiger partial charge in [0.2, 0.25) is 6.29 Å². The molecule has 2 bridgehead atoms. The van der Waals surface area contributed by atoms with Gasteiger partial charge in [0, 0.05) is 0 Å². The minimum atomic E-state index is -1.67. The monoisotopic (exact) mass is 656 g/mol. The molecule has 13 nitrogen and oxygen atoms in total. The molecule has 6 aliphatic rings. The topological polar surface area (TPSA) is 216 Å². The van der Waals surface area contributed by atoms with Crippen LogP contribution in [0.15, 0.2) is 12.2 Å². The van der Waals surface area contributed by atoms with Crippen LogP contribution in [0.25, 0.3) is 0 Å². The van der Waals surface area contributed by atoms with Gasteiger partial charge in [0.05, 0.1) is 24.2 Å². The van der Waals surface area contributed by atoms with Crippen LogP contribution in [0.2, 0.25) is 0 Å². The smallest absolute Gasteiger partial charge is 0.314 e. The third-order valence-corrected chi connectivity index (χ3v) is 13.6. The second-order valence-electron chi connectivity index (χ2n) is 15.5. The molecule has 2 aliphatic heterocycles. The number of carbonyl (C=O) groups is 1. The fraction of sp³-hybridized carbons (Fsp3) is 0.909. The molecule has 8 N–H and O–H groups in total. The maximum absolute atomic E-state index is 14.0. The minimum absolute atomic E-state index is 0.0364. The molecule has 4 aliphatic carbocycles. The molecule has 13 heteroatoms. The van der Waals surface area contributed by atoms with Gasteiger partial charge in [-0.1, -0.05) is 26.8 Å². The highest BCUT2D eigenvalue weighted by Crippen LogP contribution is 2.75. The van der Waals surface area contributed by atoms with Gasteiger partial charge in [-0.2, -0.15) is 0 Å². The predicted octanol–water partition coefficient (Wildman–Crippen LogP) is -0.516. The van der Waals surface area contributed by atoms with Gasteiger partial charge < -0.3 is 59.8 Å². The maximum atomic E-state index is 14.0. The number of aliphatic hydroxyl groups excluding tert-OH is 8. The lowest BCUT2D eigenvalue weighted by atomic mass is 9.39. The van der Waals surface area contributed by atoms with Crippen molar-refractivity contribution in [3.05, 3.63) is 12.2 Å². The van der Waals surface area contributed by atoms with E-state index < -0.39 is 91.6 Å². The van der Waals surface area contributed by atoms with Gasteiger partial charge >= 0.3 is 5.97 Å². The zero-order valence-corrected chi connectivity index (χ0v) is 26.9. The standard InChI is InChI=1S/C33H52O13/c1-15-12-32-10-6-19-30(3,8-5-9-31(19,4)29(42)45-27-25(40)23(38)21(36)17(13-34)43-27)20(32)7-11-33(15,16(32)2)46-28-26(41)24(39)22(37)18(14-35)44-28/h16-28,34-41H,1,5-14H2,2-4H3/t16-,17?,18?,19?,20+,21?,22?,23?,24?,25?,26?,27?,28?,30-,31-,32-,33-/m1/s1. The highest BCUT2D eigenvalue weighted by atomic mass is 16.7. The molecule has 6 rings (SSSR count). The average molecular weight is 657 g/mol. The zero-order chi connectivity index (χ0) is 33.6. The van der Waals surface area contributed by atoms with Crippen LogP contribution in [-0.4, -0.2) is 127 Å². The van der Waals surface area contributed by atoms with E-state index in [9.17, 15) is 45.6 Å². The number of hydrogen-bond donors (Lipinski definition) is 8. The van der Waals surface area contributed by atoms with Crippen molar-refractivity contribution in [1.29, 1.82) is 0 Å². The summed E-state index contributed by atoms with van der Waals surface area (Å²) in [4.78, 5) is 14.0. The lowest BCUT2D eigenvalue weighted by Gasteiger charge is -2.65. The largest absolute Gasteiger partial charge is 0.432 e. The minimum Gasteiger partial charge on any atom is -0.432 e. The van der Waals surface area contributed by atoms with Crippen molar-refractivity contribution in [2.24, 2.45) is 34.0 Å². The van der Waals surface area contributed by atoms with Gasteiger partial charge in [0.15, 0.2) is 6.29 Å². The second-order valence-corrected chi connectivity index (χ2v) is 15.5. The summed E-state index contributed by atoms with van der Waals surface area (Å²) in [6.07, 6.45) is -8.61. The van der Waals surface area contributed by atoms with Crippen molar-refractivity contribution >= 4 is 5.97 Å². The molecule has 0 aromatic carbocycles. The van der Waals surface area contributed by atoms with Crippen molar-refractivity contribution < 1.29 is 64.6 Å². The van der Waals surface area contributed by atoms with Gasteiger partial charge in [-0.05, 0) is 86.0 Å². The van der Waals surface area contributed by atoms with Crippen molar-refractivity contribution in [1.82, 2.24) is 0 Å². The van der Waals surface area contributed by atoms with E-state index in [1.165, 1.54) is 0 Å². The molecule has 4 saturated carbocycles. The van der Waals surface area contributed by atoms with Crippen LogP contribution >= 0.6 is 0 Å². The Bertz CT molecular complexity index is 1180. The Morgan fingerprint density at radius 1 is 0.804 bits per heavy atom. The third-order valence-electron chi connectivity index (χ3n) is 13.6. The number of esters is 1. The van der Waals surface area contributed by atoms with E-state index in [0.717, 1.165) is 37.7 Å². The summed E-state index contributed by atoms with van der Waals surface area (Å²) >= 11 is 0. The normalized spacial score (nSPS) is 55.4. The average Bonchev–Trinajstić information content (AvgIpc) is 3.12. The lowest BCUT2D eigenvalue weighted by molar-refractivity contribution is -0.334. The molecule has 0 amide bonds. The number of fused-ring (bicyclic) bond motifs is 3.